The molecular formula is C19H27N3O2. The van der Waals surface area contributed by atoms with Gasteiger partial charge in [0.25, 0.3) is 0 Å². The van der Waals surface area contributed by atoms with Gasteiger partial charge in [-0.2, -0.15) is 0 Å². The van der Waals surface area contributed by atoms with Gasteiger partial charge in [-0.1, -0.05) is 18.2 Å². The highest BCUT2D eigenvalue weighted by Crippen LogP contribution is 2.27. The number of fused-ring (bicyclic) bond motifs is 1. The molecule has 2 heterocycles. The van der Waals surface area contributed by atoms with Crippen LogP contribution in [-0.2, 0) is 6.54 Å². The van der Waals surface area contributed by atoms with E-state index in [9.17, 15) is 4.79 Å². The number of likely N-dealkylation sites (tertiary alicyclic amines) is 1. The van der Waals surface area contributed by atoms with Gasteiger partial charge in [-0.15, -0.1) is 0 Å². The number of furan rings is 1. The van der Waals surface area contributed by atoms with E-state index < -0.39 is 0 Å². The third-order valence-electron chi connectivity index (χ3n) is 4.65. The summed E-state index contributed by atoms with van der Waals surface area (Å²) >= 11 is 0. The molecule has 1 saturated heterocycles. The molecule has 2 amide bonds. The van der Waals surface area contributed by atoms with E-state index in [0.717, 1.165) is 43.9 Å². The number of carbonyl (C=O) groups is 1. The van der Waals surface area contributed by atoms with Crippen LogP contribution in [0.5, 0.6) is 0 Å². The van der Waals surface area contributed by atoms with Crippen molar-refractivity contribution >= 4 is 17.0 Å². The molecule has 3 rings (SSSR count). The van der Waals surface area contributed by atoms with Crippen molar-refractivity contribution in [3.63, 3.8) is 0 Å². The van der Waals surface area contributed by atoms with Gasteiger partial charge in [0.15, 0.2) is 0 Å². The summed E-state index contributed by atoms with van der Waals surface area (Å²) in [7, 11) is 0. The minimum atomic E-state index is -0.0726. The largest absolute Gasteiger partial charge is 0.459 e. The van der Waals surface area contributed by atoms with Gasteiger partial charge < -0.3 is 15.1 Å². The molecule has 5 heteroatoms. The molecule has 1 aromatic carbocycles. The summed E-state index contributed by atoms with van der Waals surface area (Å²) in [6.07, 6.45) is 1.11. The molecule has 0 spiro atoms. The summed E-state index contributed by atoms with van der Waals surface area (Å²) in [6, 6.07) is 8.29. The lowest BCUT2D eigenvalue weighted by atomic mass is 10.1. The van der Waals surface area contributed by atoms with Crippen LogP contribution in [0.25, 0.3) is 11.0 Å². The van der Waals surface area contributed by atoms with Gasteiger partial charge >= 0.3 is 6.03 Å². The summed E-state index contributed by atoms with van der Waals surface area (Å²) in [4.78, 5) is 14.1. The number of carbonyl (C=O) groups excluding carboxylic acids is 1. The summed E-state index contributed by atoms with van der Waals surface area (Å²) < 4.78 is 6.02. The molecule has 0 saturated carbocycles. The SMILES string of the molecule is Cc1c(CN2CC[C@H](CNC(=O)NC(C)C)C2)oc2ccccc12. The first-order chi connectivity index (χ1) is 11.5. The number of aryl methyl sites for hydroxylation is 1. The molecule has 1 atom stereocenters. The lowest BCUT2D eigenvalue weighted by molar-refractivity contribution is 0.235. The summed E-state index contributed by atoms with van der Waals surface area (Å²) in [6.45, 7) is 9.68. The standard InChI is InChI=1S/C19H27N3O2/c1-13(2)21-19(23)20-10-15-8-9-22(11-15)12-18-14(3)16-6-4-5-7-17(16)24-18/h4-7,13,15H,8-12H2,1-3H3,(H2,20,21,23)/t15-/m1/s1. The van der Waals surface area contributed by atoms with E-state index in [1.165, 1.54) is 10.9 Å². The Balaban J connectivity index is 1.52. The van der Waals surface area contributed by atoms with Gasteiger partial charge in [0.2, 0.25) is 0 Å². The van der Waals surface area contributed by atoms with Crippen molar-refractivity contribution in [1.82, 2.24) is 15.5 Å². The van der Waals surface area contributed by atoms with Crippen LogP contribution in [-0.4, -0.2) is 36.6 Å². The molecule has 1 aliphatic heterocycles. The number of nitrogens with zero attached hydrogens (tertiary/aromatic N) is 1. The van der Waals surface area contributed by atoms with E-state index in [0.29, 0.717) is 5.92 Å². The van der Waals surface area contributed by atoms with E-state index in [-0.39, 0.29) is 12.1 Å². The van der Waals surface area contributed by atoms with Crippen molar-refractivity contribution in [1.29, 1.82) is 0 Å². The lowest BCUT2D eigenvalue weighted by Crippen LogP contribution is -2.41. The number of benzene rings is 1. The molecule has 24 heavy (non-hydrogen) atoms. The second-order valence-electron chi connectivity index (χ2n) is 7.05. The molecule has 1 fully saturated rings. The fraction of sp³-hybridized carbons (Fsp3) is 0.526. The zero-order valence-electron chi connectivity index (χ0n) is 14.8. The Morgan fingerprint density at radius 1 is 1.38 bits per heavy atom. The average molecular weight is 329 g/mol. The molecule has 130 valence electrons. The topological polar surface area (TPSA) is 57.5 Å². The van der Waals surface area contributed by atoms with E-state index >= 15 is 0 Å². The van der Waals surface area contributed by atoms with Gasteiger partial charge in [-0.05, 0) is 51.3 Å². The highest BCUT2D eigenvalue weighted by atomic mass is 16.3. The molecule has 0 unspecified atom stereocenters. The van der Waals surface area contributed by atoms with Gasteiger partial charge in [0, 0.05) is 24.5 Å². The Hall–Kier alpha value is -2.01. The first-order valence-electron chi connectivity index (χ1n) is 8.76. The minimum Gasteiger partial charge on any atom is -0.459 e. The maximum absolute atomic E-state index is 11.7. The number of hydrogen-bond acceptors (Lipinski definition) is 3. The summed E-state index contributed by atoms with van der Waals surface area (Å²) in [5.41, 5.74) is 2.20. The van der Waals surface area contributed by atoms with Crippen LogP contribution in [0.2, 0.25) is 0 Å². The Bertz CT molecular complexity index is 708. The number of rotatable bonds is 5. The fourth-order valence-corrected chi connectivity index (χ4v) is 3.35. The quantitative estimate of drug-likeness (QED) is 0.885. The van der Waals surface area contributed by atoms with E-state index in [4.69, 9.17) is 4.42 Å². The van der Waals surface area contributed by atoms with Crippen LogP contribution in [0.4, 0.5) is 4.79 Å². The zero-order chi connectivity index (χ0) is 17.1. The zero-order valence-corrected chi connectivity index (χ0v) is 14.8. The van der Waals surface area contributed by atoms with Crippen LogP contribution in [0.15, 0.2) is 28.7 Å². The normalized spacial score (nSPS) is 18.4. The molecule has 5 nitrogen and oxygen atoms in total. The van der Waals surface area contributed by atoms with E-state index in [1.807, 2.05) is 32.0 Å². The molecule has 0 radical (unpaired) electrons. The number of urea groups is 1. The predicted octanol–water partition coefficient (Wildman–Crippen LogP) is 3.27. The molecule has 1 aromatic heterocycles. The Kier molecular flexibility index (Phi) is 5.09. The Morgan fingerprint density at radius 3 is 2.92 bits per heavy atom. The van der Waals surface area contributed by atoms with Crippen molar-refractivity contribution in [2.75, 3.05) is 19.6 Å². The summed E-state index contributed by atoms with van der Waals surface area (Å²) in [5, 5.41) is 7.04. The van der Waals surface area contributed by atoms with Gasteiger partial charge in [0.1, 0.15) is 11.3 Å². The molecule has 1 aliphatic rings. The van der Waals surface area contributed by atoms with Crippen LogP contribution < -0.4 is 10.6 Å². The van der Waals surface area contributed by atoms with E-state index in [1.54, 1.807) is 0 Å². The van der Waals surface area contributed by atoms with Crippen LogP contribution >= 0.6 is 0 Å². The van der Waals surface area contributed by atoms with Crippen molar-refractivity contribution in [3.8, 4) is 0 Å². The van der Waals surface area contributed by atoms with Gasteiger partial charge in [0.05, 0.1) is 6.54 Å². The van der Waals surface area contributed by atoms with Crippen LogP contribution in [0.3, 0.4) is 0 Å². The van der Waals surface area contributed by atoms with Crippen LogP contribution in [0, 0.1) is 12.8 Å². The lowest BCUT2D eigenvalue weighted by Gasteiger charge is -2.16. The smallest absolute Gasteiger partial charge is 0.314 e. The maximum Gasteiger partial charge on any atom is 0.314 e. The Labute approximate surface area is 143 Å². The van der Waals surface area contributed by atoms with Gasteiger partial charge in [-0.25, -0.2) is 4.79 Å². The fourth-order valence-electron chi connectivity index (χ4n) is 3.35. The monoisotopic (exact) mass is 329 g/mol. The predicted molar refractivity (Wildman–Crippen MR) is 96.0 cm³/mol. The molecular weight excluding hydrogens is 302 g/mol. The third-order valence-corrected chi connectivity index (χ3v) is 4.65. The highest BCUT2D eigenvalue weighted by Gasteiger charge is 2.24. The van der Waals surface area contributed by atoms with Crippen molar-refractivity contribution in [3.05, 3.63) is 35.6 Å². The molecule has 0 bridgehead atoms. The number of para-hydroxylation sites is 1. The van der Waals surface area contributed by atoms with Crippen LogP contribution in [0.1, 0.15) is 31.6 Å². The minimum absolute atomic E-state index is 0.0726. The first kappa shape index (κ1) is 16.8. The molecule has 2 N–H and O–H groups in total. The number of hydrogen-bond donors (Lipinski definition) is 2. The maximum atomic E-state index is 11.7. The molecule has 0 aliphatic carbocycles. The van der Waals surface area contributed by atoms with Crippen molar-refractivity contribution < 1.29 is 9.21 Å². The average Bonchev–Trinajstić information content (AvgIpc) is 3.11. The third kappa shape index (κ3) is 3.90. The Morgan fingerprint density at radius 2 is 2.17 bits per heavy atom. The van der Waals surface area contributed by atoms with Crippen molar-refractivity contribution in [2.45, 2.75) is 39.8 Å². The second-order valence-corrected chi connectivity index (χ2v) is 7.05. The molecule has 2 aromatic rings. The van der Waals surface area contributed by atoms with E-state index in [2.05, 4.69) is 28.5 Å². The summed E-state index contributed by atoms with van der Waals surface area (Å²) in [5.74, 6) is 1.56. The van der Waals surface area contributed by atoms with Gasteiger partial charge in [-0.3, -0.25) is 4.90 Å². The number of nitrogens with one attached hydrogen (secondary N) is 2. The second kappa shape index (κ2) is 7.26. The first-order valence-corrected chi connectivity index (χ1v) is 8.76. The highest BCUT2D eigenvalue weighted by molar-refractivity contribution is 5.81. The van der Waals surface area contributed by atoms with Crippen molar-refractivity contribution in [2.24, 2.45) is 5.92 Å². The number of amides is 2.